The van der Waals surface area contributed by atoms with Gasteiger partial charge >= 0.3 is 0 Å². The van der Waals surface area contributed by atoms with Crippen LogP contribution in [0.25, 0.3) is 0 Å². The third kappa shape index (κ3) is 5.25. The summed E-state index contributed by atoms with van der Waals surface area (Å²) in [5.41, 5.74) is 0.401. The van der Waals surface area contributed by atoms with Crippen molar-refractivity contribution in [2.75, 3.05) is 17.7 Å². The van der Waals surface area contributed by atoms with E-state index < -0.39 is 5.82 Å². The summed E-state index contributed by atoms with van der Waals surface area (Å²) in [5, 5.41) is 11.7. The predicted octanol–water partition coefficient (Wildman–Crippen LogP) is 2.92. The number of aliphatic hydroxyl groups is 1. The average molecular weight is 292 g/mol. The molecule has 0 bridgehead atoms. The Balaban J connectivity index is 2.44. The van der Waals surface area contributed by atoms with E-state index in [0.717, 1.165) is 6.07 Å². The molecule has 0 radical (unpaired) electrons. The Hall–Kier alpha value is -0.780. The molecule has 3 nitrogen and oxygen atoms in total. The van der Waals surface area contributed by atoms with E-state index in [2.05, 4.69) is 5.32 Å². The highest BCUT2D eigenvalue weighted by atomic mass is 35.5. The largest absolute Gasteiger partial charge is 0.396 e. The first-order chi connectivity index (χ1) is 8.52. The second-order valence-electron chi connectivity index (χ2n) is 3.81. The molecule has 0 aliphatic rings. The number of carbonyl (C=O) groups is 1. The standard InChI is InChI=1S/C12H15ClFNO2S/c1-8(4-5-16)18-7-12(17)15-11-3-2-9(14)6-10(11)13/h2-3,6,8,16H,4-5,7H2,1H3,(H,15,17). The number of rotatable bonds is 6. The first-order valence-corrected chi connectivity index (χ1v) is 6.93. The highest BCUT2D eigenvalue weighted by Crippen LogP contribution is 2.23. The molecule has 0 heterocycles. The van der Waals surface area contributed by atoms with Crippen molar-refractivity contribution in [3.63, 3.8) is 0 Å². The van der Waals surface area contributed by atoms with Crippen LogP contribution in [0.3, 0.4) is 0 Å². The Kier molecular flexibility index (Phi) is 6.46. The lowest BCUT2D eigenvalue weighted by Gasteiger charge is -2.10. The first kappa shape index (κ1) is 15.3. The number of nitrogens with one attached hydrogen (secondary N) is 1. The Morgan fingerprint density at radius 2 is 2.33 bits per heavy atom. The van der Waals surface area contributed by atoms with Crippen molar-refractivity contribution in [2.45, 2.75) is 18.6 Å². The van der Waals surface area contributed by atoms with E-state index in [1.54, 1.807) is 0 Å². The number of aliphatic hydroxyl groups excluding tert-OH is 1. The van der Waals surface area contributed by atoms with E-state index in [4.69, 9.17) is 16.7 Å². The molecule has 1 atom stereocenters. The van der Waals surface area contributed by atoms with Gasteiger partial charge in [0.15, 0.2) is 0 Å². The summed E-state index contributed by atoms with van der Waals surface area (Å²) in [6.07, 6.45) is 0.648. The molecule has 1 rings (SSSR count). The molecule has 1 aromatic carbocycles. The van der Waals surface area contributed by atoms with Crippen molar-refractivity contribution in [3.8, 4) is 0 Å². The molecule has 0 aliphatic heterocycles. The van der Waals surface area contributed by atoms with Crippen LogP contribution in [0.5, 0.6) is 0 Å². The maximum Gasteiger partial charge on any atom is 0.234 e. The second kappa shape index (κ2) is 7.61. The van der Waals surface area contributed by atoms with E-state index in [0.29, 0.717) is 12.1 Å². The number of benzene rings is 1. The monoisotopic (exact) mass is 291 g/mol. The van der Waals surface area contributed by atoms with E-state index >= 15 is 0 Å². The smallest absolute Gasteiger partial charge is 0.234 e. The Morgan fingerprint density at radius 1 is 1.61 bits per heavy atom. The van der Waals surface area contributed by atoms with Crippen LogP contribution in [0.4, 0.5) is 10.1 Å². The van der Waals surface area contributed by atoms with E-state index in [-0.39, 0.29) is 28.5 Å². The summed E-state index contributed by atoms with van der Waals surface area (Å²) in [6, 6.07) is 3.82. The van der Waals surface area contributed by atoms with Crippen LogP contribution in [0.2, 0.25) is 5.02 Å². The highest BCUT2D eigenvalue weighted by Gasteiger charge is 2.09. The topological polar surface area (TPSA) is 49.3 Å². The van der Waals surface area contributed by atoms with E-state index in [1.807, 2.05) is 6.92 Å². The van der Waals surface area contributed by atoms with Gasteiger partial charge in [-0.05, 0) is 24.6 Å². The van der Waals surface area contributed by atoms with Gasteiger partial charge in [-0.3, -0.25) is 4.79 Å². The summed E-state index contributed by atoms with van der Waals surface area (Å²) in [4.78, 5) is 11.6. The lowest BCUT2D eigenvalue weighted by atomic mass is 10.3. The number of hydrogen-bond acceptors (Lipinski definition) is 3. The van der Waals surface area contributed by atoms with Gasteiger partial charge in [0, 0.05) is 11.9 Å². The summed E-state index contributed by atoms with van der Waals surface area (Å²) in [7, 11) is 0. The fourth-order valence-electron chi connectivity index (χ4n) is 1.26. The maximum atomic E-state index is 12.8. The Morgan fingerprint density at radius 3 is 2.94 bits per heavy atom. The molecule has 0 saturated heterocycles. The molecule has 0 aliphatic carbocycles. The lowest BCUT2D eigenvalue weighted by Crippen LogP contribution is -2.16. The quantitative estimate of drug-likeness (QED) is 0.847. The molecule has 0 fully saturated rings. The van der Waals surface area contributed by atoms with Crippen molar-refractivity contribution in [1.82, 2.24) is 0 Å². The molecule has 2 N–H and O–H groups in total. The second-order valence-corrected chi connectivity index (χ2v) is 5.64. The van der Waals surface area contributed by atoms with Crippen LogP contribution >= 0.6 is 23.4 Å². The van der Waals surface area contributed by atoms with Gasteiger partial charge in [-0.1, -0.05) is 18.5 Å². The van der Waals surface area contributed by atoms with Crippen LogP contribution in [0, 0.1) is 5.82 Å². The number of carbonyl (C=O) groups excluding carboxylic acids is 1. The number of thioether (sulfide) groups is 1. The minimum absolute atomic E-state index is 0.111. The van der Waals surface area contributed by atoms with Gasteiger partial charge in [0.25, 0.3) is 0 Å². The zero-order valence-corrected chi connectivity index (χ0v) is 11.5. The summed E-state index contributed by atoms with van der Waals surface area (Å²) >= 11 is 7.24. The van der Waals surface area contributed by atoms with Gasteiger partial charge in [-0.15, -0.1) is 11.8 Å². The normalized spacial score (nSPS) is 12.2. The summed E-state index contributed by atoms with van der Waals surface area (Å²) in [5.74, 6) is -0.364. The zero-order chi connectivity index (χ0) is 13.5. The van der Waals surface area contributed by atoms with Crippen molar-refractivity contribution in [3.05, 3.63) is 29.0 Å². The molecule has 1 unspecified atom stereocenters. The number of amides is 1. The van der Waals surface area contributed by atoms with Gasteiger partial charge < -0.3 is 10.4 Å². The molecule has 6 heteroatoms. The third-order valence-corrected chi connectivity index (χ3v) is 3.79. The van der Waals surface area contributed by atoms with Gasteiger partial charge in [0.05, 0.1) is 16.5 Å². The zero-order valence-electron chi connectivity index (χ0n) is 9.95. The summed E-state index contributed by atoms with van der Waals surface area (Å²) < 4.78 is 12.8. The molecule has 1 aromatic rings. The molecular formula is C12H15ClFNO2S. The minimum atomic E-state index is -0.441. The summed E-state index contributed by atoms with van der Waals surface area (Å²) in [6.45, 7) is 2.05. The van der Waals surface area contributed by atoms with Crippen LogP contribution in [-0.2, 0) is 4.79 Å². The predicted molar refractivity (Wildman–Crippen MR) is 73.7 cm³/mol. The average Bonchev–Trinajstić information content (AvgIpc) is 2.31. The fourth-order valence-corrected chi connectivity index (χ4v) is 2.25. The van der Waals surface area contributed by atoms with Crippen molar-refractivity contribution in [2.24, 2.45) is 0 Å². The highest BCUT2D eigenvalue weighted by molar-refractivity contribution is 8.00. The molecule has 0 aromatic heterocycles. The molecule has 100 valence electrons. The third-order valence-electron chi connectivity index (χ3n) is 2.24. The van der Waals surface area contributed by atoms with E-state index in [9.17, 15) is 9.18 Å². The van der Waals surface area contributed by atoms with Crippen molar-refractivity contribution in [1.29, 1.82) is 0 Å². The number of anilines is 1. The van der Waals surface area contributed by atoms with Crippen LogP contribution in [0.15, 0.2) is 18.2 Å². The Bertz CT molecular complexity index is 417. The molecule has 0 spiro atoms. The molecule has 18 heavy (non-hydrogen) atoms. The van der Waals surface area contributed by atoms with Crippen LogP contribution in [0.1, 0.15) is 13.3 Å². The molecule has 0 saturated carbocycles. The molecular weight excluding hydrogens is 277 g/mol. The fraction of sp³-hybridized carbons (Fsp3) is 0.417. The Labute approximate surface area is 115 Å². The molecule has 1 amide bonds. The number of hydrogen-bond donors (Lipinski definition) is 2. The lowest BCUT2D eigenvalue weighted by molar-refractivity contribution is -0.113. The maximum absolute atomic E-state index is 12.8. The van der Waals surface area contributed by atoms with Gasteiger partial charge in [0.2, 0.25) is 5.91 Å². The van der Waals surface area contributed by atoms with Gasteiger partial charge in [-0.25, -0.2) is 4.39 Å². The van der Waals surface area contributed by atoms with Crippen molar-refractivity contribution >= 4 is 35.0 Å². The minimum Gasteiger partial charge on any atom is -0.396 e. The van der Waals surface area contributed by atoms with Crippen molar-refractivity contribution < 1.29 is 14.3 Å². The van der Waals surface area contributed by atoms with Crippen LogP contribution < -0.4 is 5.32 Å². The van der Waals surface area contributed by atoms with Gasteiger partial charge in [-0.2, -0.15) is 0 Å². The SMILES string of the molecule is CC(CCO)SCC(=O)Nc1ccc(F)cc1Cl. The van der Waals surface area contributed by atoms with Crippen LogP contribution in [-0.4, -0.2) is 28.6 Å². The van der Waals surface area contributed by atoms with Gasteiger partial charge in [0.1, 0.15) is 5.82 Å². The first-order valence-electron chi connectivity index (χ1n) is 5.50. The number of halogens is 2. The van der Waals surface area contributed by atoms with E-state index in [1.165, 1.54) is 23.9 Å².